The highest BCUT2D eigenvalue weighted by atomic mass is 19.4. The second kappa shape index (κ2) is 7.29. The number of likely N-dealkylation sites (tertiary alicyclic amines) is 1. The van der Waals surface area contributed by atoms with Crippen molar-refractivity contribution < 1.29 is 40.6 Å². The number of carbonyl (C=O) groups is 1. The van der Waals surface area contributed by atoms with Crippen LogP contribution in [0.1, 0.15) is 39.3 Å². The van der Waals surface area contributed by atoms with Crippen molar-refractivity contribution in [2.75, 3.05) is 24.6 Å². The van der Waals surface area contributed by atoms with Gasteiger partial charge in [-0.15, -0.1) is 5.10 Å². The van der Waals surface area contributed by atoms with Crippen molar-refractivity contribution in [2.24, 2.45) is 5.92 Å². The maximum absolute atomic E-state index is 13.6. The Bertz CT molecular complexity index is 1170. The Morgan fingerprint density at radius 1 is 1.17 bits per heavy atom. The second-order valence-corrected chi connectivity index (χ2v) is 10.2. The summed E-state index contributed by atoms with van der Waals surface area (Å²) in [6.07, 6.45) is -8.47. The molecule has 2 aromatic heterocycles. The molecule has 1 saturated carbocycles. The molecule has 4 heterocycles. The summed E-state index contributed by atoms with van der Waals surface area (Å²) in [7, 11) is 0. The average Bonchev–Trinajstić information content (AvgIpc) is 3.06. The summed E-state index contributed by atoms with van der Waals surface area (Å²) in [5.74, 6) is -0.456. The van der Waals surface area contributed by atoms with Crippen LogP contribution in [0.3, 0.4) is 0 Å². The van der Waals surface area contributed by atoms with Crippen LogP contribution >= 0.6 is 0 Å². The number of nitrogens with zero attached hydrogens (tertiary/aromatic N) is 5. The lowest BCUT2D eigenvalue weighted by Crippen LogP contribution is -2.47. The van der Waals surface area contributed by atoms with Gasteiger partial charge in [0.1, 0.15) is 11.3 Å². The largest absolute Gasteiger partial charge is 0.480 e. The molecule has 1 aliphatic carbocycles. The zero-order valence-corrected chi connectivity index (χ0v) is 19.1. The third kappa shape index (κ3) is 4.10. The Morgan fingerprint density at radius 2 is 1.89 bits per heavy atom. The molecule has 3 atom stereocenters. The number of aromatic nitrogens is 3. The van der Waals surface area contributed by atoms with E-state index in [0.717, 1.165) is 12.5 Å². The molecule has 2 aromatic rings. The first-order valence-electron chi connectivity index (χ1n) is 11.0. The minimum Gasteiger partial charge on any atom is -0.480 e. The van der Waals surface area contributed by atoms with Gasteiger partial charge in [-0.05, 0) is 51.7 Å². The lowest BCUT2D eigenvalue weighted by atomic mass is 9.99. The van der Waals surface area contributed by atoms with Crippen LogP contribution in [0.5, 0.6) is 5.75 Å². The fourth-order valence-electron chi connectivity index (χ4n) is 5.33. The highest BCUT2D eigenvalue weighted by molar-refractivity contribution is 5.71. The van der Waals surface area contributed by atoms with Crippen LogP contribution in [0.15, 0.2) is 12.1 Å². The maximum Gasteiger partial charge on any atom is 0.433 e. The lowest BCUT2D eigenvalue weighted by molar-refractivity contribution is -0.153. The SMILES string of the molecule is CC(C)(C)OC(=O)N1C[C@@H]2CC[C@]3(C1)[C@H]2N3c1nc2c(OCC(F)(F)F)ccc(C(F)(F)F)n2n1. The van der Waals surface area contributed by atoms with Crippen LogP contribution in [0.4, 0.5) is 37.1 Å². The van der Waals surface area contributed by atoms with Gasteiger partial charge in [0, 0.05) is 13.1 Å². The van der Waals surface area contributed by atoms with E-state index in [1.165, 1.54) is 0 Å². The molecule has 14 heteroatoms. The molecule has 0 N–H and O–H groups in total. The fraction of sp³-hybridized carbons (Fsp3) is 0.667. The molecule has 35 heavy (non-hydrogen) atoms. The van der Waals surface area contributed by atoms with Gasteiger partial charge in [0.25, 0.3) is 0 Å². The minimum absolute atomic E-state index is 0.0423. The Hall–Kier alpha value is -2.93. The number of hydrogen-bond acceptors (Lipinski definition) is 6. The normalized spacial score (nSPS) is 26.2. The number of pyridine rings is 1. The highest BCUT2D eigenvalue weighted by Gasteiger charge is 2.73. The number of hydrogen-bond donors (Lipinski definition) is 0. The number of rotatable bonds is 3. The molecule has 2 bridgehead atoms. The molecule has 2 aliphatic heterocycles. The molecule has 5 rings (SSSR count). The molecule has 8 nitrogen and oxygen atoms in total. The number of halogens is 6. The van der Waals surface area contributed by atoms with E-state index in [9.17, 15) is 31.1 Å². The Morgan fingerprint density at radius 3 is 2.51 bits per heavy atom. The van der Waals surface area contributed by atoms with Gasteiger partial charge in [-0.1, -0.05) is 0 Å². The Balaban J connectivity index is 1.48. The highest BCUT2D eigenvalue weighted by Crippen LogP contribution is 2.60. The molecule has 0 radical (unpaired) electrons. The molecule has 1 amide bonds. The summed E-state index contributed by atoms with van der Waals surface area (Å²) in [6.45, 7) is 4.31. The number of alkyl halides is 6. The van der Waals surface area contributed by atoms with Crippen LogP contribution in [0, 0.1) is 5.92 Å². The van der Waals surface area contributed by atoms with Gasteiger partial charge in [-0.25, -0.2) is 9.31 Å². The second-order valence-electron chi connectivity index (χ2n) is 10.2. The van der Waals surface area contributed by atoms with Crippen molar-refractivity contribution >= 4 is 17.7 Å². The Kier molecular flexibility index (Phi) is 4.96. The first kappa shape index (κ1) is 23.8. The van der Waals surface area contributed by atoms with E-state index in [4.69, 9.17) is 9.47 Å². The van der Waals surface area contributed by atoms with Crippen LogP contribution in [0.25, 0.3) is 5.65 Å². The van der Waals surface area contributed by atoms with Gasteiger partial charge < -0.3 is 19.3 Å². The molecule has 2 saturated heterocycles. The molecule has 0 unspecified atom stereocenters. The number of amides is 1. The first-order valence-corrected chi connectivity index (χ1v) is 11.0. The van der Waals surface area contributed by atoms with E-state index < -0.39 is 53.3 Å². The van der Waals surface area contributed by atoms with Crippen LogP contribution in [0.2, 0.25) is 0 Å². The standard InChI is InChI=1S/C21H23F6N5O3/c1-18(2,3)35-17(33)30-8-11-6-7-19(9-30)14(11)31(19)16-28-15-12(34-10-20(22,23)24)4-5-13(21(25,26)27)32(15)29-16/h4-5,11,14H,6-10H2,1-3H3/t11-,14-,19-,31?/m0/s1. The van der Waals surface area contributed by atoms with E-state index in [0.29, 0.717) is 30.1 Å². The number of piperidine rings is 2. The summed E-state index contributed by atoms with van der Waals surface area (Å²) < 4.78 is 89.4. The van der Waals surface area contributed by atoms with E-state index in [-0.39, 0.29) is 17.9 Å². The topological polar surface area (TPSA) is 72.0 Å². The van der Waals surface area contributed by atoms with Crippen molar-refractivity contribution in [3.05, 3.63) is 17.8 Å². The maximum atomic E-state index is 13.6. The fourth-order valence-corrected chi connectivity index (χ4v) is 5.33. The van der Waals surface area contributed by atoms with Crippen molar-refractivity contribution in [3.8, 4) is 5.75 Å². The zero-order chi connectivity index (χ0) is 25.6. The van der Waals surface area contributed by atoms with Gasteiger partial charge in [0.15, 0.2) is 18.0 Å². The quantitative estimate of drug-likeness (QED) is 0.457. The first-order chi connectivity index (χ1) is 16.1. The predicted octanol–water partition coefficient (Wildman–Crippen LogP) is 4.28. The molecule has 3 fully saturated rings. The van der Waals surface area contributed by atoms with Crippen molar-refractivity contribution in [2.45, 2.75) is 63.1 Å². The smallest absolute Gasteiger partial charge is 0.433 e. The number of fused-ring (bicyclic) bond motifs is 1. The summed E-state index contributed by atoms with van der Waals surface area (Å²) in [5, 5.41) is 4.03. The van der Waals surface area contributed by atoms with Gasteiger partial charge in [0.2, 0.25) is 5.95 Å². The van der Waals surface area contributed by atoms with Crippen molar-refractivity contribution in [1.82, 2.24) is 19.5 Å². The lowest BCUT2D eigenvalue weighted by Gasteiger charge is -2.31. The third-order valence-electron chi connectivity index (χ3n) is 6.54. The monoisotopic (exact) mass is 507 g/mol. The van der Waals surface area contributed by atoms with Crippen LogP contribution in [-0.4, -0.2) is 68.6 Å². The summed E-state index contributed by atoms with van der Waals surface area (Å²) >= 11 is 0. The number of carbonyl (C=O) groups excluding carboxylic acids is 1. The summed E-state index contributed by atoms with van der Waals surface area (Å²) in [6, 6.07) is 1.35. The van der Waals surface area contributed by atoms with Gasteiger partial charge in [0.05, 0.1) is 11.6 Å². The van der Waals surface area contributed by atoms with E-state index in [1.807, 2.05) is 0 Å². The predicted molar refractivity (Wildman–Crippen MR) is 109 cm³/mol. The van der Waals surface area contributed by atoms with E-state index in [2.05, 4.69) is 10.1 Å². The molecule has 192 valence electrons. The van der Waals surface area contributed by atoms with Crippen molar-refractivity contribution in [3.63, 3.8) is 0 Å². The van der Waals surface area contributed by atoms with Gasteiger partial charge in [-0.2, -0.15) is 31.3 Å². The number of ether oxygens (including phenoxy) is 2. The van der Waals surface area contributed by atoms with Gasteiger partial charge in [-0.3, -0.25) is 0 Å². The molecular weight excluding hydrogens is 484 g/mol. The molecular formula is C21H23F6N5O3. The van der Waals surface area contributed by atoms with E-state index in [1.54, 1.807) is 30.6 Å². The van der Waals surface area contributed by atoms with Gasteiger partial charge >= 0.3 is 18.4 Å². The summed E-state index contributed by atoms with van der Waals surface area (Å²) in [4.78, 5) is 20.2. The van der Waals surface area contributed by atoms with Crippen molar-refractivity contribution in [1.29, 1.82) is 0 Å². The summed E-state index contributed by atoms with van der Waals surface area (Å²) in [5.41, 5.74) is -2.87. The van der Waals surface area contributed by atoms with Crippen LogP contribution < -0.4 is 9.64 Å². The third-order valence-corrected chi connectivity index (χ3v) is 6.54. The zero-order valence-electron chi connectivity index (χ0n) is 19.1. The molecule has 3 aliphatic rings. The number of anilines is 1. The Labute approximate surface area is 195 Å². The molecule has 0 aromatic carbocycles. The molecule has 0 spiro atoms. The van der Waals surface area contributed by atoms with Crippen LogP contribution in [-0.2, 0) is 10.9 Å². The minimum atomic E-state index is -4.82. The average molecular weight is 507 g/mol. The van der Waals surface area contributed by atoms with E-state index >= 15 is 0 Å².